The van der Waals surface area contributed by atoms with Crippen LogP contribution < -0.4 is 10.5 Å². The quantitative estimate of drug-likeness (QED) is 0.558. The summed E-state index contributed by atoms with van der Waals surface area (Å²) in [5.41, 5.74) is 5.00. The molecule has 110 valence electrons. The fraction of sp³-hybridized carbons (Fsp3) is 0.417. The maximum Gasteiger partial charge on any atom is 0.235 e. The molecule has 8 heteroatoms. The Labute approximate surface area is 116 Å². The smallest absolute Gasteiger partial charge is 0.235 e. The molecule has 1 aliphatic heterocycles. The van der Waals surface area contributed by atoms with E-state index in [1.54, 1.807) is 0 Å². The van der Waals surface area contributed by atoms with Gasteiger partial charge in [0.25, 0.3) is 0 Å². The number of amidine groups is 1. The van der Waals surface area contributed by atoms with E-state index in [9.17, 15) is 12.8 Å². The van der Waals surface area contributed by atoms with E-state index in [-0.39, 0.29) is 23.1 Å². The van der Waals surface area contributed by atoms with Gasteiger partial charge in [0.2, 0.25) is 10.0 Å². The first-order valence-electron chi connectivity index (χ1n) is 6.14. The third-order valence-electron chi connectivity index (χ3n) is 2.98. The van der Waals surface area contributed by atoms with Gasteiger partial charge in [-0.1, -0.05) is 6.07 Å². The Kier molecular flexibility index (Phi) is 4.24. The van der Waals surface area contributed by atoms with E-state index < -0.39 is 21.7 Å². The van der Waals surface area contributed by atoms with Crippen LogP contribution in [0.25, 0.3) is 0 Å². The first-order valence-corrected chi connectivity index (χ1v) is 7.79. The number of ether oxygens (including phenoxy) is 1. The lowest BCUT2D eigenvalue weighted by Crippen LogP contribution is -2.27. The largest absolute Gasteiger partial charge is 0.384 e. The fourth-order valence-electron chi connectivity index (χ4n) is 2.11. The monoisotopic (exact) mass is 301 g/mol. The van der Waals surface area contributed by atoms with E-state index >= 15 is 0 Å². The molecule has 0 aliphatic carbocycles. The zero-order valence-electron chi connectivity index (χ0n) is 10.7. The van der Waals surface area contributed by atoms with E-state index in [4.69, 9.17) is 15.9 Å². The molecule has 0 bridgehead atoms. The Morgan fingerprint density at radius 3 is 2.90 bits per heavy atom. The Morgan fingerprint density at radius 1 is 1.55 bits per heavy atom. The van der Waals surface area contributed by atoms with Gasteiger partial charge in [-0.2, -0.15) is 0 Å². The van der Waals surface area contributed by atoms with Crippen LogP contribution >= 0.6 is 0 Å². The number of nitrogens with one attached hydrogen (secondary N) is 2. The summed E-state index contributed by atoms with van der Waals surface area (Å²) >= 11 is 0. The minimum absolute atomic E-state index is 0.0319. The molecule has 1 aliphatic rings. The summed E-state index contributed by atoms with van der Waals surface area (Å²) in [5, 5.41) is 7.33. The highest BCUT2D eigenvalue weighted by Gasteiger charge is 2.24. The molecule has 1 fully saturated rings. The molecule has 6 nitrogen and oxygen atoms in total. The molecule has 0 aromatic heterocycles. The van der Waals surface area contributed by atoms with Gasteiger partial charge in [0.05, 0.1) is 23.1 Å². The number of nitrogen functional groups attached to an aromatic ring is 1. The Bertz CT molecular complexity index is 612. The summed E-state index contributed by atoms with van der Waals surface area (Å²) in [6.07, 6.45) is 1.17. The summed E-state index contributed by atoms with van der Waals surface area (Å²) in [4.78, 5) is 0. The van der Waals surface area contributed by atoms with E-state index in [1.165, 1.54) is 12.1 Å². The van der Waals surface area contributed by atoms with Gasteiger partial charge in [0.1, 0.15) is 11.7 Å². The number of benzene rings is 1. The van der Waals surface area contributed by atoms with Crippen molar-refractivity contribution < 1.29 is 17.5 Å². The van der Waals surface area contributed by atoms with Gasteiger partial charge in [-0.05, 0) is 25.0 Å². The van der Waals surface area contributed by atoms with Gasteiger partial charge < -0.3 is 10.5 Å². The van der Waals surface area contributed by atoms with Gasteiger partial charge in [0.15, 0.2) is 0 Å². The lowest BCUT2D eigenvalue weighted by molar-refractivity contribution is 0.127. The number of rotatable bonds is 5. The second-order valence-corrected chi connectivity index (χ2v) is 6.36. The fourth-order valence-corrected chi connectivity index (χ4v) is 3.45. The molecule has 1 aromatic carbocycles. The molecule has 1 aromatic rings. The first kappa shape index (κ1) is 14.7. The number of nitrogens with two attached hydrogens (primary N) is 1. The molecule has 2 rings (SSSR count). The molecule has 1 unspecified atom stereocenters. The number of hydrogen-bond acceptors (Lipinski definition) is 4. The van der Waals surface area contributed by atoms with Crippen LogP contribution in [-0.2, 0) is 14.8 Å². The van der Waals surface area contributed by atoms with Crippen molar-refractivity contribution in [3.63, 3.8) is 0 Å². The van der Waals surface area contributed by atoms with Crippen molar-refractivity contribution in [1.82, 2.24) is 0 Å². The van der Waals surface area contributed by atoms with Crippen LogP contribution in [-0.4, -0.2) is 32.7 Å². The Morgan fingerprint density at radius 2 is 2.30 bits per heavy atom. The lowest BCUT2D eigenvalue weighted by atomic mass is 10.1. The molecule has 0 radical (unpaired) electrons. The topological polar surface area (TPSA) is 105 Å². The summed E-state index contributed by atoms with van der Waals surface area (Å²) in [6.45, 7) is 0.554. The van der Waals surface area contributed by atoms with Crippen LogP contribution in [0.5, 0.6) is 0 Å². The van der Waals surface area contributed by atoms with Crippen LogP contribution in [0.1, 0.15) is 18.4 Å². The third-order valence-corrected chi connectivity index (χ3v) is 4.32. The van der Waals surface area contributed by atoms with E-state index in [1.807, 2.05) is 0 Å². The maximum absolute atomic E-state index is 13.6. The molecule has 1 saturated heterocycles. The molecule has 0 saturated carbocycles. The number of anilines is 1. The van der Waals surface area contributed by atoms with Crippen LogP contribution in [0, 0.1) is 11.2 Å². The predicted molar refractivity (Wildman–Crippen MR) is 73.8 cm³/mol. The average molecular weight is 301 g/mol. The van der Waals surface area contributed by atoms with Crippen molar-refractivity contribution in [3.8, 4) is 0 Å². The summed E-state index contributed by atoms with van der Waals surface area (Å²) in [6, 6.07) is 3.84. The second kappa shape index (κ2) is 5.76. The van der Waals surface area contributed by atoms with Crippen molar-refractivity contribution in [2.24, 2.45) is 5.73 Å². The standard InChI is InChI=1S/C12H16FN3O3S/c13-9-4-1-5-10(11(9)12(14)15)16-20(17,18)7-8-3-2-6-19-8/h1,4-5,8,16H,2-3,6-7H2,(H3,14,15). The zero-order chi connectivity index (χ0) is 14.8. The van der Waals surface area contributed by atoms with Crippen molar-refractivity contribution in [1.29, 1.82) is 5.41 Å². The van der Waals surface area contributed by atoms with Crippen LogP contribution in [0.2, 0.25) is 0 Å². The lowest BCUT2D eigenvalue weighted by Gasteiger charge is -2.14. The minimum atomic E-state index is -3.68. The maximum atomic E-state index is 13.6. The highest BCUT2D eigenvalue weighted by molar-refractivity contribution is 7.92. The van der Waals surface area contributed by atoms with Gasteiger partial charge >= 0.3 is 0 Å². The Hall–Kier alpha value is -1.67. The predicted octanol–water partition coefficient (Wildman–Crippen LogP) is 1.03. The van der Waals surface area contributed by atoms with Gasteiger partial charge in [-0.3, -0.25) is 10.1 Å². The number of halogens is 1. The van der Waals surface area contributed by atoms with Gasteiger partial charge in [-0.15, -0.1) is 0 Å². The average Bonchev–Trinajstić information content (AvgIpc) is 2.79. The van der Waals surface area contributed by atoms with E-state index in [2.05, 4.69) is 4.72 Å². The normalized spacial score (nSPS) is 18.9. The van der Waals surface area contributed by atoms with Crippen LogP contribution in [0.15, 0.2) is 18.2 Å². The summed E-state index contributed by atoms with van der Waals surface area (Å²) in [5.74, 6) is -1.46. The van der Waals surface area contributed by atoms with Crippen molar-refractivity contribution in [2.75, 3.05) is 17.1 Å². The first-order chi connectivity index (χ1) is 9.39. The molecule has 1 atom stereocenters. The van der Waals surface area contributed by atoms with Crippen molar-refractivity contribution in [2.45, 2.75) is 18.9 Å². The zero-order valence-corrected chi connectivity index (χ0v) is 11.5. The molecule has 20 heavy (non-hydrogen) atoms. The number of hydrogen-bond donors (Lipinski definition) is 3. The van der Waals surface area contributed by atoms with Gasteiger partial charge in [0, 0.05) is 6.61 Å². The highest BCUT2D eigenvalue weighted by Crippen LogP contribution is 2.21. The summed E-state index contributed by atoms with van der Waals surface area (Å²) in [7, 11) is -3.68. The van der Waals surface area contributed by atoms with E-state index in [0.29, 0.717) is 13.0 Å². The van der Waals surface area contributed by atoms with Crippen LogP contribution in [0.3, 0.4) is 0 Å². The van der Waals surface area contributed by atoms with Gasteiger partial charge in [-0.25, -0.2) is 12.8 Å². The molecular weight excluding hydrogens is 285 g/mol. The molecule has 0 spiro atoms. The minimum Gasteiger partial charge on any atom is -0.384 e. The molecular formula is C12H16FN3O3S. The summed E-state index contributed by atoms with van der Waals surface area (Å²) < 4.78 is 45.2. The van der Waals surface area contributed by atoms with Crippen LogP contribution in [0.4, 0.5) is 10.1 Å². The number of sulfonamides is 1. The van der Waals surface area contributed by atoms with E-state index in [0.717, 1.165) is 12.5 Å². The molecule has 1 heterocycles. The Balaban J connectivity index is 2.20. The van der Waals surface area contributed by atoms with Crippen molar-refractivity contribution in [3.05, 3.63) is 29.6 Å². The highest BCUT2D eigenvalue weighted by atomic mass is 32.2. The molecule has 4 N–H and O–H groups in total. The van der Waals surface area contributed by atoms with Crippen molar-refractivity contribution >= 4 is 21.5 Å². The third kappa shape index (κ3) is 3.45. The SMILES string of the molecule is N=C(N)c1c(F)cccc1NS(=O)(=O)CC1CCCO1. The molecule has 0 amide bonds. The second-order valence-electron chi connectivity index (χ2n) is 4.59.